The molecule has 220 valence electrons. The van der Waals surface area contributed by atoms with Crippen molar-refractivity contribution in [3.63, 3.8) is 0 Å². The van der Waals surface area contributed by atoms with Crippen LogP contribution in [0.3, 0.4) is 0 Å². The molecule has 0 unspecified atom stereocenters. The Labute approximate surface area is 253 Å². The van der Waals surface area contributed by atoms with Gasteiger partial charge in [-0.3, -0.25) is 9.59 Å². The molecule has 4 aromatic rings. The standard InChI is InChI=1S/C35H40N2O4S/c1-25(2)37(35(39)34(28-12-8-6-9-13-28)29-14-10-7-11-15-29)24-33(38)36(23-30-18-16-26(3)42-30)21-20-27-17-19-31(40-4)32(22-27)41-5/h6-19,22,25,34H,20-21,23-24H2,1-5H3. The van der Waals surface area contributed by atoms with E-state index in [0.717, 1.165) is 21.6 Å². The number of hydrogen-bond donors (Lipinski definition) is 0. The maximum absolute atomic E-state index is 14.2. The van der Waals surface area contributed by atoms with Gasteiger partial charge in [0.1, 0.15) is 6.54 Å². The number of amides is 2. The molecule has 0 spiro atoms. The molecule has 0 bridgehead atoms. The van der Waals surface area contributed by atoms with Gasteiger partial charge in [-0.2, -0.15) is 0 Å². The van der Waals surface area contributed by atoms with Gasteiger partial charge in [0.2, 0.25) is 11.8 Å². The average molecular weight is 585 g/mol. The summed E-state index contributed by atoms with van der Waals surface area (Å²) in [6.45, 7) is 7.00. The summed E-state index contributed by atoms with van der Waals surface area (Å²) in [7, 11) is 3.23. The summed E-state index contributed by atoms with van der Waals surface area (Å²) in [5, 5.41) is 0. The molecule has 0 radical (unpaired) electrons. The Morgan fingerprint density at radius 3 is 1.95 bits per heavy atom. The lowest BCUT2D eigenvalue weighted by atomic mass is 9.89. The Kier molecular flexibility index (Phi) is 10.8. The predicted octanol–water partition coefficient (Wildman–Crippen LogP) is 6.71. The topological polar surface area (TPSA) is 59.1 Å². The third-order valence-electron chi connectivity index (χ3n) is 7.34. The van der Waals surface area contributed by atoms with E-state index in [4.69, 9.17) is 9.47 Å². The van der Waals surface area contributed by atoms with E-state index in [1.807, 2.05) is 97.6 Å². The van der Waals surface area contributed by atoms with Crippen LogP contribution >= 0.6 is 11.3 Å². The fraction of sp³-hybridized carbons (Fsp3) is 0.314. The molecule has 6 nitrogen and oxygen atoms in total. The second-order valence-corrected chi connectivity index (χ2v) is 12.0. The van der Waals surface area contributed by atoms with Gasteiger partial charge in [0.05, 0.1) is 26.7 Å². The largest absolute Gasteiger partial charge is 0.493 e. The minimum Gasteiger partial charge on any atom is -0.493 e. The molecule has 0 atom stereocenters. The first-order valence-electron chi connectivity index (χ1n) is 14.2. The fourth-order valence-corrected chi connectivity index (χ4v) is 5.95. The normalized spacial score (nSPS) is 11.0. The van der Waals surface area contributed by atoms with Crippen LogP contribution in [0, 0.1) is 6.92 Å². The van der Waals surface area contributed by atoms with Crippen LogP contribution in [0.1, 0.15) is 46.2 Å². The molecule has 0 saturated carbocycles. The van der Waals surface area contributed by atoms with E-state index in [-0.39, 0.29) is 24.4 Å². The third kappa shape index (κ3) is 7.79. The minimum absolute atomic E-state index is 0.00293. The van der Waals surface area contributed by atoms with Gasteiger partial charge >= 0.3 is 0 Å². The van der Waals surface area contributed by atoms with Crippen molar-refractivity contribution in [2.75, 3.05) is 27.3 Å². The zero-order chi connectivity index (χ0) is 30.1. The number of hydrogen-bond acceptors (Lipinski definition) is 5. The van der Waals surface area contributed by atoms with Crippen LogP contribution in [0.25, 0.3) is 0 Å². The highest BCUT2D eigenvalue weighted by Gasteiger charge is 2.31. The van der Waals surface area contributed by atoms with Gasteiger partial charge in [-0.1, -0.05) is 66.7 Å². The summed E-state index contributed by atoms with van der Waals surface area (Å²) in [6, 6.07) is 29.4. The number of carbonyl (C=O) groups is 2. The first-order valence-corrected chi connectivity index (χ1v) is 15.1. The lowest BCUT2D eigenvalue weighted by molar-refractivity contribution is -0.142. The van der Waals surface area contributed by atoms with Gasteiger partial charge in [0.15, 0.2) is 11.5 Å². The molecule has 4 rings (SSSR count). The number of aryl methyl sites for hydroxylation is 1. The Hall–Kier alpha value is -4.10. The molecule has 7 heteroatoms. The Morgan fingerprint density at radius 2 is 1.43 bits per heavy atom. The quantitative estimate of drug-likeness (QED) is 0.175. The van der Waals surface area contributed by atoms with Crippen LogP contribution in [-0.2, 0) is 22.6 Å². The van der Waals surface area contributed by atoms with E-state index < -0.39 is 5.92 Å². The second-order valence-electron chi connectivity index (χ2n) is 10.6. The zero-order valence-corrected chi connectivity index (χ0v) is 25.9. The number of methoxy groups -OCH3 is 2. The van der Waals surface area contributed by atoms with Crippen LogP contribution in [0.4, 0.5) is 0 Å². The minimum atomic E-state index is -0.497. The molecule has 0 aliphatic carbocycles. The maximum atomic E-state index is 14.2. The van der Waals surface area contributed by atoms with Crippen molar-refractivity contribution in [1.29, 1.82) is 0 Å². The average Bonchev–Trinajstić information content (AvgIpc) is 3.42. The molecular weight excluding hydrogens is 544 g/mol. The molecule has 42 heavy (non-hydrogen) atoms. The molecule has 3 aromatic carbocycles. The van der Waals surface area contributed by atoms with Crippen molar-refractivity contribution in [3.05, 3.63) is 117 Å². The number of carbonyl (C=O) groups excluding carboxylic acids is 2. The van der Waals surface area contributed by atoms with E-state index in [0.29, 0.717) is 31.0 Å². The molecule has 0 fully saturated rings. The first-order chi connectivity index (χ1) is 20.3. The summed E-state index contributed by atoms with van der Waals surface area (Å²) in [5.41, 5.74) is 2.86. The highest BCUT2D eigenvalue weighted by molar-refractivity contribution is 7.11. The van der Waals surface area contributed by atoms with E-state index in [1.165, 1.54) is 4.88 Å². The van der Waals surface area contributed by atoms with Crippen LogP contribution in [0.2, 0.25) is 0 Å². The molecule has 0 saturated heterocycles. The smallest absolute Gasteiger partial charge is 0.242 e. The van der Waals surface area contributed by atoms with Crippen molar-refractivity contribution in [3.8, 4) is 11.5 Å². The summed E-state index contributed by atoms with van der Waals surface area (Å²) in [5.74, 6) is 0.667. The summed E-state index contributed by atoms with van der Waals surface area (Å²) >= 11 is 1.69. The SMILES string of the molecule is COc1ccc(CCN(Cc2ccc(C)s2)C(=O)CN(C(=O)C(c2ccccc2)c2ccccc2)C(C)C)cc1OC. The third-order valence-corrected chi connectivity index (χ3v) is 8.32. The van der Waals surface area contributed by atoms with Gasteiger partial charge < -0.3 is 19.3 Å². The summed E-state index contributed by atoms with van der Waals surface area (Å²) in [6.07, 6.45) is 0.642. The van der Waals surface area contributed by atoms with Crippen LogP contribution in [0.15, 0.2) is 91.0 Å². The number of benzene rings is 3. The molecule has 1 aromatic heterocycles. The van der Waals surface area contributed by atoms with Crippen molar-refractivity contribution < 1.29 is 19.1 Å². The van der Waals surface area contributed by atoms with Crippen LogP contribution < -0.4 is 9.47 Å². The molecule has 0 N–H and O–H groups in total. The van der Waals surface area contributed by atoms with Gasteiger partial charge in [-0.15, -0.1) is 11.3 Å². The van der Waals surface area contributed by atoms with E-state index in [2.05, 4.69) is 19.1 Å². The maximum Gasteiger partial charge on any atom is 0.242 e. The summed E-state index contributed by atoms with van der Waals surface area (Å²) in [4.78, 5) is 34.1. The van der Waals surface area contributed by atoms with Gasteiger partial charge in [-0.25, -0.2) is 0 Å². The van der Waals surface area contributed by atoms with E-state index in [9.17, 15) is 9.59 Å². The Bertz CT molecular complexity index is 1410. The lowest BCUT2D eigenvalue weighted by Gasteiger charge is -2.33. The second kappa shape index (κ2) is 14.7. The van der Waals surface area contributed by atoms with Crippen molar-refractivity contribution in [1.82, 2.24) is 9.80 Å². The Morgan fingerprint density at radius 1 is 0.810 bits per heavy atom. The molecule has 0 aliphatic rings. The highest BCUT2D eigenvalue weighted by atomic mass is 32.1. The van der Waals surface area contributed by atoms with Crippen LogP contribution in [0.5, 0.6) is 11.5 Å². The van der Waals surface area contributed by atoms with Crippen LogP contribution in [-0.4, -0.2) is 55.0 Å². The predicted molar refractivity (Wildman–Crippen MR) is 169 cm³/mol. The Balaban J connectivity index is 1.59. The van der Waals surface area contributed by atoms with Gasteiger partial charge in [0, 0.05) is 22.3 Å². The van der Waals surface area contributed by atoms with Crippen molar-refractivity contribution in [2.45, 2.75) is 45.7 Å². The fourth-order valence-electron chi connectivity index (χ4n) is 5.05. The summed E-state index contributed by atoms with van der Waals surface area (Å²) < 4.78 is 10.9. The van der Waals surface area contributed by atoms with Gasteiger partial charge in [0.25, 0.3) is 0 Å². The first kappa shape index (κ1) is 30.8. The van der Waals surface area contributed by atoms with Crippen molar-refractivity contribution in [2.24, 2.45) is 0 Å². The number of rotatable bonds is 13. The van der Waals surface area contributed by atoms with E-state index >= 15 is 0 Å². The van der Waals surface area contributed by atoms with Crippen molar-refractivity contribution >= 4 is 23.2 Å². The molecular formula is C35H40N2O4S. The van der Waals surface area contributed by atoms with Gasteiger partial charge in [-0.05, 0) is 68.1 Å². The monoisotopic (exact) mass is 584 g/mol. The number of ether oxygens (including phenoxy) is 2. The molecule has 2 amide bonds. The molecule has 1 heterocycles. The number of nitrogens with zero attached hydrogens (tertiary/aromatic N) is 2. The number of thiophene rings is 1. The lowest BCUT2D eigenvalue weighted by Crippen LogP contribution is -2.47. The molecule has 0 aliphatic heterocycles. The van der Waals surface area contributed by atoms with E-state index in [1.54, 1.807) is 30.5 Å². The zero-order valence-electron chi connectivity index (χ0n) is 25.1. The highest BCUT2D eigenvalue weighted by Crippen LogP contribution is 2.29.